The average Bonchev–Trinajstić information content (AvgIpc) is 2.62. The van der Waals surface area contributed by atoms with E-state index in [1.165, 1.54) is 0 Å². The van der Waals surface area contributed by atoms with Crippen molar-refractivity contribution < 1.29 is 0 Å². The van der Waals surface area contributed by atoms with E-state index in [1.807, 2.05) is 30.3 Å². The van der Waals surface area contributed by atoms with Gasteiger partial charge in [-0.25, -0.2) is 0 Å². The number of benzene rings is 2. The highest BCUT2D eigenvalue weighted by Gasteiger charge is 2.36. The van der Waals surface area contributed by atoms with E-state index >= 15 is 0 Å². The highest BCUT2D eigenvalue weighted by Crippen LogP contribution is 2.42. The Hall–Kier alpha value is -1.71. The predicted molar refractivity (Wildman–Crippen MR) is 98.0 cm³/mol. The highest BCUT2D eigenvalue weighted by molar-refractivity contribution is 6.30. The molecule has 0 radical (unpaired) electrons. The molecule has 2 atom stereocenters. The number of halogens is 3. The second-order valence-electron chi connectivity index (χ2n) is 5.61. The van der Waals surface area contributed by atoms with Crippen LogP contribution in [0.3, 0.4) is 0 Å². The summed E-state index contributed by atoms with van der Waals surface area (Å²) >= 11 is 18.8. The molecule has 0 saturated heterocycles. The number of hydrogen-bond acceptors (Lipinski definition) is 2. The van der Waals surface area contributed by atoms with Crippen LogP contribution >= 0.6 is 34.8 Å². The topological polar surface area (TPSA) is 47.6 Å². The van der Waals surface area contributed by atoms with Crippen molar-refractivity contribution in [2.75, 3.05) is 0 Å². The molecule has 0 aliphatic rings. The molecule has 2 aromatic rings. The van der Waals surface area contributed by atoms with Gasteiger partial charge in [0.1, 0.15) is 5.41 Å². The standard InChI is InChI=1S/C19H15Cl3N2/c20-16-8-6-15(7-9-16)18(22)11-19(12-23,13-24)10-17(21)14-4-2-1-3-5-14/h1-9,17-18H,10-11H2. The van der Waals surface area contributed by atoms with Crippen LogP contribution in [0.4, 0.5) is 0 Å². The predicted octanol–water partition coefficient (Wildman–Crippen LogP) is 6.41. The van der Waals surface area contributed by atoms with Crippen molar-refractivity contribution in [1.82, 2.24) is 0 Å². The summed E-state index contributed by atoms with van der Waals surface area (Å²) in [7, 11) is 0. The van der Waals surface area contributed by atoms with Crippen LogP contribution in [0, 0.1) is 28.1 Å². The van der Waals surface area contributed by atoms with Crippen LogP contribution in [0.1, 0.15) is 34.7 Å². The van der Waals surface area contributed by atoms with Crippen LogP contribution in [0.5, 0.6) is 0 Å². The summed E-state index contributed by atoms with van der Waals surface area (Å²) in [5, 5.41) is 18.9. The quantitative estimate of drug-likeness (QED) is 0.546. The van der Waals surface area contributed by atoms with Gasteiger partial charge in [0.25, 0.3) is 0 Å². The fourth-order valence-electron chi connectivity index (χ4n) is 2.47. The maximum atomic E-state index is 9.60. The van der Waals surface area contributed by atoms with Gasteiger partial charge in [0.15, 0.2) is 0 Å². The van der Waals surface area contributed by atoms with E-state index in [-0.39, 0.29) is 12.8 Å². The normalized spacial score (nSPS) is 13.5. The number of nitrogens with zero attached hydrogens (tertiary/aromatic N) is 2. The van der Waals surface area contributed by atoms with Crippen molar-refractivity contribution in [3.05, 3.63) is 70.7 Å². The molecule has 0 aromatic heterocycles. The van der Waals surface area contributed by atoms with E-state index in [2.05, 4.69) is 12.1 Å². The second-order valence-corrected chi connectivity index (χ2v) is 7.10. The summed E-state index contributed by atoms with van der Waals surface area (Å²) in [5.41, 5.74) is 0.447. The van der Waals surface area contributed by atoms with Gasteiger partial charge in [-0.3, -0.25) is 0 Å². The van der Waals surface area contributed by atoms with Crippen molar-refractivity contribution >= 4 is 34.8 Å². The van der Waals surface area contributed by atoms with Gasteiger partial charge in [-0.15, -0.1) is 23.2 Å². The van der Waals surface area contributed by atoms with Crippen LogP contribution in [-0.4, -0.2) is 0 Å². The molecule has 0 fully saturated rings. The Balaban J connectivity index is 2.17. The first-order chi connectivity index (χ1) is 11.5. The van der Waals surface area contributed by atoms with Crippen LogP contribution in [0.2, 0.25) is 5.02 Å². The van der Waals surface area contributed by atoms with Crippen LogP contribution in [-0.2, 0) is 0 Å². The maximum absolute atomic E-state index is 9.60. The lowest BCUT2D eigenvalue weighted by atomic mass is 9.79. The van der Waals surface area contributed by atoms with Crippen LogP contribution in [0.25, 0.3) is 0 Å². The van der Waals surface area contributed by atoms with Gasteiger partial charge in [-0.05, 0) is 36.1 Å². The second kappa shape index (κ2) is 8.41. The van der Waals surface area contributed by atoms with E-state index in [0.717, 1.165) is 11.1 Å². The van der Waals surface area contributed by atoms with Gasteiger partial charge in [-0.1, -0.05) is 54.1 Å². The Morgan fingerprint density at radius 2 is 1.25 bits per heavy atom. The Kier molecular flexibility index (Phi) is 6.52. The van der Waals surface area contributed by atoms with Crippen LogP contribution < -0.4 is 0 Å². The van der Waals surface area contributed by atoms with Crippen molar-refractivity contribution in [1.29, 1.82) is 10.5 Å². The average molecular weight is 378 g/mol. The van der Waals surface area contributed by atoms with Crippen LogP contribution in [0.15, 0.2) is 54.6 Å². The maximum Gasteiger partial charge on any atom is 0.147 e. The van der Waals surface area contributed by atoms with E-state index in [0.29, 0.717) is 5.02 Å². The third kappa shape index (κ3) is 4.65. The minimum Gasteiger partial charge on any atom is -0.197 e. The first kappa shape index (κ1) is 18.6. The van der Waals surface area contributed by atoms with Gasteiger partial charge in [0, 0.05) is 5.02 Å². The molecule has 2 aromatic carbocycles. The van der Waals surface area contributed by atoms with Gasteiger partial charge < -0.3 is 0 Å². The molecule has 0 amide bonds. The number of alkyl halides is 2. The fourth-order valence-corrected chi connectivity index (χ4v) is 3.42. The molecule has 0 N–H and O–H groups in total. The molecule has 0 heterocycles. The molecule has 2 unspecified atom stereocenters. The summed E-state index contributed by atoms with van der Waals surface area (Å²) in [6.07, 6.45) is 0.404. The van der Waals surface area contributed by atoms with Crippen molar-refractivity contribution in [3.8, 4) is 12.1 Å². The molecule has 0 aliphatic carbocycles. The SMILES string of the molecule is N#CC(C#N)(CC(Cl)c1ccccc1)CC(Cl)c1ccc(Cl)cc1. The molecular weight excluding hydrogens is 363 g/mol. The Morgan fingerprint density at radius 1 is 0.792 bits per heavy atom. The summed E-state index contributed by atoms with van der Waals surface area (Å²) in [6.45, 7) is 0. The molecule has 122 valence electrons. The summed E-state index contributed by atoms with van der Waals surface area (Å²) in [6, 6.07) is 20.7. The Labute approximate surface area is 157 Å². The molecule has 0 saturated carbocycles. The van der Waals surface area contributed by atoms with E-state index in [4.69, 9.17) is 34.8 Å². The van der Waals surface area contributed by atoms with Crippen molar-refractivity contribution in [3.63, 3.8) is 0 Å². The van der Waals surface area contributed by atoms with Crippen molar-refractivity contribution in [2.45, 2.75) is 23.6 Å². The monoisotopic (exact) mass is 376 g/mol. The lowest BCUT2D eigenvalue weighted by Crippen LogP contribution is -2.20. The lowest BCUT2D eigenvalue weighted by molar-refractivity contribution is 0.427. The lowest BCUT2D eigenvalue weighted by Gasteiger charge is -2.24. The third-order valence-corrected chi connectivity index (χ3v) is 4.94. The van der Waals surface area contributed by atoms with Gasteiger partial charge in [0.05, 0.1) is 22.9 Å². The minimum atomic E-state index is -1.26. The molecule has 0 aliphatic heterocycles. The molecule has 0 spiro atoms. The summed E-state index contributed by atoms with van der Waals surface area (Å²) in [4.78, 5) is 0. The van der Waals surface area contributed by atoms with Gasteiger partial charge in [-0.2, -0.15) is 10.5 Å². The fraction of sp³-hybridized carbons (Fsp3) is 0.263. The van der Waals surface area contributed by atoms with Gasteiger partial charge >= 0.3 is 0 Å². The molecule has 0 bridgehead atoms. The number of nitriles is 2. The zero-order valence-corrected chi connectivity index (χ0v) is 15.1. The Bertz CT molecular complexity index is 731. The summed E-state index contributed by atoms with van der Waals surface area (Å²) in [5.74, 6) is 0. The zero-order valence-electron chi connectivity index (χ0n) is 12.8. The number of hydrogen-bond donors (Lipinski definition) is 0. The first-order valence-corrected chi connectivity index (χ1v) is 8.66. The highest BCUT2D eigenvalue weighted by atomic mass is 35.5. The van der Waals surface area contributed by atoms with E-state index < -0.39 is 16.2 Å². The van der Waals surface area contributed by atoms with E-state index in [1.54, 1.807) is 24.3 Å². The summed E-state index contributed by atoms with van der Waals surface area (Å²) < 4.78 is 0. The number of rotatable bonds is 6. The van der Waals surface area contributed by atoms with Gasteiger partial charge in [0.2, 0.25) is 0 Å². The third-order valence-electron chi connectivity index (χ3n) is 3.88. The van der Waals surface area contributed by atoms with E-state index in [9.17, 15) is 10.5 Å². The Morgan fingerprint density at radius 3 is 1.71 bits per heavy atom. The molecular formula is C19H15Cl3N2. The van der Waals surface area contributed by atoms with Crippen molar-refractivity contribution in [2.24, 2.45) is 5.41 Å². The molecule has 24 heavy (non-hydrogen) atoms. The smallest absolute Gasteiger partial charge is 0.147 e. The molecule has 2 nitrogen and oxygen atoms in total. The largest absolute Gasteiger partial charge is 0.197 e. The minimum absolute atomic E-state index is 0.194. The molecule has 2 rings (SSSR count). The zero-order chi connectivity index (χ0) is 17.6. The first-order valence-electron chi connectivity index (χ1n) is 7.41. The molecule has 5 heteroatoms.